The summed E-state index contributed by atoms with van der Waals surface area (Å²) in [4.78, 5) is 60.5. The predicted molar refractivity (Wildman–Crippen MR) is 192 cm³/mol. The Morgan fingerprint density at radius 2 is 1.38 bits per heavy atom. The molecule has 1 aliphatic rings. The summed E-state index contributed by atoms with van der Waals surface area (Å²) in [7, 11) is 0. The van der Waals surface area contributed by atoms with Crippen LogP contribution in [0.5, 0.6) is 0 Å². The smallest absolute Gasteiger partial charge is 0.245 e. The number of hydrogen-bond acceptors (Lipinski definition) is 7. The summed E-state index contributed by atoms with van der Waals surface area (Å²) in [6.07, 6.45) is 2.52. The molecule has 0 radical (unpaired) electrons. The Morgan fingerprint density at radius 1 is 0.792 bits per heavy atom. The van der Waals surface area contributed by atoms with Crippen molar-refractivity contribution >= 4 is 41.4 Å². The molecule has 3 rings (SSSR count). The first-order valence-corrected chi connectivity index (χ1v) is 17.9. The van der Waals surface area contributed by atoms with Gasteiger partial charge in [-0.15, -0.1) is 0 Å². The second-order valence-corrected chi connectivity index (χ2v) is 13.8. The number of nitrogens with zero attached hydrogens (tertiary/aromatic N) is 2. The van der Waals surface area contributed by atoms with Gasteiger partial charge in [-0.1, -0.05) is 74.5 Å². The Morgan fingerprint density at radius 3 is 2.00 bits per heavy atom. The number of thioether (sulfide) groups is 1. The molecule has 0 bridgehead atoms. The molecule has 1 fully saturated rings. The van der Waals surface area contributed by atoms with E-state index in [0.29, 0.717) is 45.3 Å². The number of aliphatic imine (C=N–C) groups is 1. The molecule has 2 aromatic carbocycles. The highest BCUT2D eigenvalue weighted by molar-refractivity contribution is 7.99. The molecule has 4 amide bonds. The number of carbonyl (C=O) groups excluding carboxylic acids is 4. The lowest BCUT2D eigenvalue weighted by Crippen LogP contribution is -2.58. The fraction of sp³-hybridized carbons (Fsp3) is 0.514. The Balaban J connectivity index is 1.78. The molecular weight excluding hydrogens is 629 g/mol. The molecule has 48 heavy (non-hydrogen) atoms. The molecule has 0 saturated carbocycles. The van der Waals surface area contributed by atoms with Crippen LogP contribution in [0.2, 0.25) is 0 Å². The van der Waals surface area contributed by atoms with Gasteiger partial charge in [0.2, 0.25) is 23.6 Å². The van der Waals surface area contributed by atoms with E-state index in [1.807, 2.05) is 74.5 Å². The maximum atomic E-state index is 13.9. The van der Waals surface area contributed by atoms with E-state index in [1.165, 1.54) is 0 Å². The number of nitrogens with one attached hydrogen (secondary N) is 3. The second kappa shape index (κ2) is 20.3. The predicted octanol–water partition coefficient (Wildman–Crippen LogP) is 1.32. The molecule has 12 nitrogen and oxygen atoms in total. The summed E-state index contributed by atoms with van der Waals surface area (Å²) in [5.74, 6) is 0.202. The minimum atomic E-state index is -0.990. The molecule has 1 aliphatic heterocycles. The molecule has 0 spiro atoms. The van der Waals surface area contributed by atoms with Crippen molar-refractivity contribution in [3.8, 4) is 0 Å². The second-order valence-electron chi connectivity index (χ2n) is 12.5. The molecule has 9 N–H and O–H groups in total. The maximum Gasteiger partial charge on any atom is 0.245 e. The van der Waals surface area contributed by atoms with Gasteiger partial charge in [-0.05, 0) is 54.9 Å². The van der Waals surface area contributed by atoms with Crippen molar-refractivity contribution in [3.63, 3.8) is 0 Å². The lowest BCUT2D eigenvalue weighted by atomic mass is 9.99. The van der Waals surface area contributed by atoms with Crippen LogP contribution in [0.25, 0.3) is 0 Å². The normalized spacial score (nSPS) is 15.7. The van der Waals surface area contributed by atoms with Crippen molar-refractivity contribution in [1.82, 2.24) is 20.9 Å². The van der Waals surface area contributed by atoms with E-state index < -0.39 is 41.9 Å². The average Bonchev–Trinajstić information content (AvgIpc) is 3.35. The van der Waals surface area contributed by atoms with Crippen molar-refractivity contribution in [3.05, 3.63) is 71.8 Å². The van der Waals surface area contributed by atoms with Crippen LogP contribution in [0.15, 0.2) is 65.7 Å². The summed E-state index contributed by atoms with van der Waals surface area (Å²) in [6, 6.07) is 15.1. The molecule has 262 valence electrons. The lowest BCUT2D eigenvalue weighted by molar-refractivity contribution is -0.138. The van der Waals surface area contributed by atoms with E-state index in [2.05, 4.69) is 20.9 Å². The Bertz CT molecular complexity index is 1330. The number of nitrogens with two attached hydrogens (primary N) is 3. The van der Waals surface area contributed by atoms with Crippen molar-refractivity contribution in [2.75, 3.05) is 31.1 Å². The van der Waals surface area contributed by atoms with Crippen molar-refractivity contribution < 1.29 is 19.2 Å². The molecule has 0 unspecified atom stereocenters. The number of carbonyl (C=O) groups is 4. The van der Waals surface area contributed by atoms with E-state index in [9.17, 15) is 19.2 Å². The van der Waals surface area contributed by atoms with E-state index in [-0.39, 0.29) is 24.2 Å². The van der Waals surface area contributed by atoms with Gasteiger partial charge in [-0.3, -0.25) is 24.2 Å². The van der Waals surface area contributed by atoms with E-state index in [4.69, 9.17) is 17.2 Å². The maximum absolute atomic E-state index is 13.9. The highest BCUT2D eigenvalue weighted by atomic mass is 32.2. The van der Waals surface area contributed by atoms with Crippen molar-refractivity contribution in [2.45, 2.75) is 76.5 Å². The monoisotopic (exact) mass is 680 g/mol. The fourth-order valence-corrected chi connectivity index (χ4v) is 6.38. The van der Waals surface area contributed by atoms with Gasteiger partial charge >= 0.3 is 0 Å². The molecule has 1 saturated heterocycles. The minimum Gasteiger partial charge on any atom is -0.370 e. The number of amides is 4. The van der Waals surface area contributed by atoms with Crippen LogP contribution in [-0.2, 0) is 32.0 Å². The summed E-state index contributed by atoms with van der Waals surface area (Å²) in [5.41, 5.74) is 19.0. The number of rotatable bonds is 17. The zero-order chi connectivity index (χ0) is 34.9. The van der Waals surface area contributed by atoms with Crippen LogP contribution in [-0.4, -0.2) is 89.8 Å². The topological polar surface area (TPSA) is 198 Å². The van der Waals surface area contributed by atoms with Crippen LogP contribution >= 0.6 is 11.8 Å². The van der Waals surface area contributed by atoms with Crippen LogP contribution in [0.4, 0.5) is 0 Å². The van der Waals surface area contributed by atoms with Crippen molar-refractivity contribution in [2.24, 2.45) is 28.1 Å². The standard InChI is InChI=1S/C35H52N8O4S/c1-24(2)21-29(32(45)40-28(15-9-16-39-35(37)38)34(47)43-17-10-19-48-20-18-43)42-33(46)30(23-26-13-7-4-8-14-26)41-31(44)27(36)22-25-11-5-3-6-12-25/h3-8,11-14,24,27-30H,9-10,15-23,36H2,1-2H3,(H,40,45)(H,41,44)(H,42,46)(H4,37,38,39)/t27-,28-,29-,30-/m1/s1. The Labute approximate surface area is 288 Å². The van der Waals surface area contributed by atoms with Gasteiger partial charge in [-0.25, -0.2) is 0 Å². The van der Waals surface area contributed by atoms with Crippen LogP contribution in [0, 0.1) is 5.92 Å². The Hall–Kier alpha value is -4.10. The third-order valence-corrected chi connectivity index (χ3v) is 9.03. The highest BCUT2D eigenvalue weighted by Gasteiger charge is 2.32. The molecule has 2 aromatic rings. The summed E-state index contributed by atoms with van der Waals surface area (Å²) < 4.78 is 0. The van der Waals surface area contributed by atoms with Gasteiger partial charge in [0.25, 0.3) is 0 Å². The van der Waals surface area contributed by atoms with Crippen molar-refractivity contribution in [1.29, 1.82) is 0 Å². The van der Waals surface area contributed by atoms with Crippen LogP contribution < -0.4 is 33.2 Å². The molecular formula is C35H52N8O4S. The highest BCUT2D eigenvalue weighted by Crippen LogP contribution is 2.14. The fourth-order valence-electron chi connectivity index (χ4n) is 5.49. The van der Waals surface area contributed by atoms with Gasteiger partial charge < -0.3 is 38.1 Å². The van der Waals surface area contributed by atoms with Gasteiger partial charge in [0, 0.05) is 31.8 Å². The van der Waals surface area contributed by atoms with E-state index >= 15 is 0 Å². The summed E-state index contributed by atoms with van der Waals surface area (Å²) in [6.45, 7) is 5.43. The lowest BCUT2D eigenvalue weighted by Gasteiger charge is -2.29. The van der Waals surface area contributed by atoms with Gasteiger partial charge in [0.1, 0.15) is 18.1 Å². The largest absolute Gasteiger partial charge is 0.370 e. The zero-order valence-corrected chi connectivity index (χ0v) is 28.9. The molecule has 0 aromatic heterocycles. The first-order chi connectivity index (χ1) is 23.0. The van der Waals surface area contributed by atoms with Gasteiger partial charge in [-0.2, -0.15) is 11.8 Å². The van der Waals surface area contributed by atoms with Gasteiger partial charge in [0.15, 0.2) is 5.96 Å². The SMILES string of the molecule is CC(C)C[C@@H](NC(=O)[C@@H](Cc1ccccc1)NC(=O)[C@H](N)Cc1ccccc1)C(=O)N[C@H](CCCN=C(N)N)C(=O)N1CCCSCC1. The average molecular weight is 681 g/mol. The quantitative estimate of drug-likeness (QED) is 0.0817. The Kier molecular flexibility index (Phi) is 16.2. The summed E-state index contributed by atoms with van der Waals surface area (Å²) in [5, 5.41) is 8.66. The number of guanidine groups is 1. The molecule has 4 atom stereocenters. The first-order valence-electron chi connectivity index (χ1n) is 16.7. The number of benzene rings is 2. The van der Waals surface area contributed by atoms with Crippen LogP contribution in [0.1, 0.15) is 50.7 Å². The van der Waals surface area contributed by atoms with Crippen LogP contribution in [0.3, 0.4) is 0 Å². The van der Waals surface area contributed by atoms with E-state index in [1.54, 1.807) is 16.7 Å². The third-order valence-electron chi connectivity index (χ3n) is 7.98. The number of hydrogen-bond donors (Lipinski definition) is 6. The minimum absolute atomic E-state index is 0.0377. The summed E-state index contributed by atoms with van der Waals surface area (Å²) >= 11 is 1.80. The molecule has 0 aliphatic carbocycles. The molecule has 1 heterocycles. The van der Waals surface area contributed by atoms with E-state index in [0.717, 1.165) is 29.1 Å². The third kappa shape index (κ3) is 13.6. The first kappa shape index (κ1) is 38.3. The molecule has 13 heteroatoms. The zero-order valence-electron chi connectivity index (χ0n) is 28.1. The van der Waals surface area contributed by atoms with Gasteiger partial charge in [0.05, 0.1) is 6.04 Å².